The molecular formula is C21H23NO4. The van der Waals surface area contributed by atoms with Crippen LogP contribution in [0.3, 0.4) is 0 Å². The number of carboxylic acid groups (broad SMARTS) is 1. The summed E-state index contributed by atoms with van der Waals surface area (Å²) in [5, 5.41) is 11.9. The quantitative estimate of drug-likeness (QED) is 0.836. The molecule has 1 amide bonds. The molecule has 0 radical (unpaired) electrons. The number of carbonyl (C=O) groups is 2. The van der Waals surface area contributed by atoms with Crippen molar-refractivity contribution in [2.45, 2.75) is 31.6 Å². The van der Waals surface area contributed by atoms with Crippen LogP contribution in [0.1, 0.15) is 45.8 Å². The van der Waals surface area contributed by atoms with E-state index in [1.165, 1.54) is 23.3 Å². The molecule has 26 heavy (non-hydrogen) atoms. The average molecular weight is 353 g/mol. The zero-order chi connectivity index (χ0) is 18.5. The highest BCUT2D eigenvalue weighted by molar-refractivity contribution is 5.87. The van der Waals surface area contributed by atoms with Crippen molar-refractivity contribution in [3.63, 3.8) is 0 Å². The predicted octanol–water partition coefficient (Wildman–Crippen LogP) is 3.17. The molecule has 1 aliphatic carbocycles. The number of aryl methyl sites for hydroxylation is 1. The van der Waals surface area contributed by atoms with Crippen LogP contribution in [0.4, 0.5) is 0 Å². The van der Waals surface area contributed by atoms with E-state index in [0.717, 1.165) is 30.6 Å². The molecule has 0 saturated heterocycles. The van der Waals surface area contributed by atoms with E-state index in [1.807, 2.05) is 6.07 Å². The van der Waals surface area contributed by atoms with Crippen LogP contribution in [0, 0.1) is 0 Å². The van der Waals surface area contributed by atoms with Crippen LogP contribution >= 0.6 is 0 Å². The van der Waals surface area contributed by atoms with Gasteiger partial charge in [-0.3, -0.25) is 4.79 Å². The molecule has 5 heteroatoms. The third-order valence-electron chi connectivity index (χ3n) is 4.90. The molecule has 5 nitrogen and oxygen atoms in total. The average Bonchev–Trinajstić information content (AvgIpc) is 2.66. The van der Waals surface area contributed by atoms with Gasteiger partial charge in [0.2, 0.25) is 5.91 Å². The first-order chi connectivity index (χ1) is 12.6. The first-order valence-electron chi connectivity index (χ1n) is 8.82. The van der Waals surface area contributed by atoms with Gasteiger partial charge in [0.05, 0.1) is 19.1 Å². The Balaban J connectivity index is 1.57. The van der Waals surface area contributed by atoms with Gasteiger partial charge in [-0.1, -0.05) is 18.2 Å². The molecule has 0 heterocycles. The summed E-state index contributed by atoms with van der Waals surface area (Å²) in [6.07, 6.45) is 3.47. The van der Waals surface area contributed by atoms with Gasteiger partial charge in [-0.15, -0.1) is 0 Å². The fourth-order valence-corrected chi connectivity index (χ4v) is 3.48. The topological polar surface area (TPSA) is 75.6 Å². The van der Waals surface area contributed by atoms with Crippen molar-refractivity contribution in [3.05, 3.63) is 64.7 Å². The molecule has 2 aromatic carbocycles. The lowest BCUT2D eigenvalue weighted by atomic mass is 9.82. The van der Waals surface area contributed by atoms with Crippen LogP contribution in [0.2, 0.25) is 0 Å². The van der Waals surface area contributed by atoms with Crippen molar-refractivity contribution < 1.29 is 19.4 Å². The fraction of sp³-hybridized carbons (Fsp3) is 0.333. The molecule has 1 atom stereocenters. The fourth-order valence-electron chi connectivity index (χ4n) is 3.48. The van der Waals surface area contributed by atoms with E-state index in [9.17, 15) is 9.59 Å². The number of rotatable bonds is 6. The molecule has 0 spiro atoms. The van der Waals surface area contributed by atoms with E-state index in [4.69, 9.17) is 9.84 Å². The Morgan fingerprint density at radius 1 is 1.19 bits per heavy atom. The van der Waals surface area contributed by atoms with E-state index in [0.29, 0.717) is 12.5 Å². The number of methoxy groups -OCH3 is 1. The van der Waals surface area contributed by atoms with E-state index < -0.39 is 5.97 Å². The maximum Gasteiger partial charge on any atom is 0.335 e. The summed E-state index contributed by atoms with van der Waals surface area (Å²) < 4.78 is 5.30. The molecule has 0 aromatic heterocycles. The van der Waals surface area contributed by atoms with Crippen molar-refractivity contribution >= 4 is 11.9 Å². The number of nitrogens with one attached hydrogen (secondary N) is 1. The molecule has 136 valence electrons. The van der Waals surface area contributed by atoms with Crippen LogP contribution in [0.15, 0.2) is 42.5 Å². The molecule has 0 saturated carbocycles. The van der Waals surface area contributed by atoms with E-state index >= 15 is 0 Å². The predicted molar refractivity (Wildman–Crippen MR) is 98.8 cm³/mol. The van der Waals surface area contributed by atoms with Gasteiger partial charge in [0.25, 0.3) is 0 Å². The second-order valence-corrected chi connectivity index (χ2v) is 6.64. The minimum absolute atomic E-state index is 0.0475. The molecule has 0 bridgehead atoms. The van der Waals surface area contributed by atoms with Crippen LogP contribution in [0.5, 0.6) is 5.75 Å². The Labute approximate surface area is 153 Å². The third kappa shape index (κ3) is 4.23. The van der Waals surface area contributed by atoms with Gasteiger partial charge in [-0.2, -0.15) is 0 Å². The molecule has 2 N–H and O–H groups in total. The van der Waals surface area contributed by atoms with Gasteiger partial charge in [-0.25, -0.2) is 4.79 Å². The lowest BCUT2D eigenvalue weighted by molar-refractivity contribution is -0.120. The maximum atomic E-state index is 12.2. The van der Waals surface area contributed by atoms with Crippen molar-refractivity contribution in [2.24, 2.45) is 0 Å². The van der Waals surface area contributed by atoms with E-state index in [1.54, 1.807) is 19.2 Å². The van der Waals surface area contributed by atoms with Gasteiger partial charge in [-0.05, 0) is 60.2 Å². The number of ether oxygens (including phenoxy) is 1. The zero-order valence-electron chi connectivity index (χ0n) is 14.8. The summed E-state index contributed by atoms with van der Waals surface area (Å²) in [7, 11) is 1.67. The summed E-state index contributed by atoms with van der Waals surface area (Å²) in [4.78, 5) is 23.1. The first kappa shape index (κ1) is 18.0. The van der Waals surface area contributed by atoms with E-state index in [2.05, 4.69) is 17.4 Å². The number of fused-ring (bicyclic) bond motifs is 1. The summed E-state index contributed by atoms with van der Waals surface area (Å²) >= 11 is 0. The number of hydrogen-bond acceptors (Lipinski definition) is 3. The minimum atomic E-state index is -0.964. The maximum absolute atomic E-state index is 12.2. The lowest BCUT2D eigenvalue weighted by Crippen LogP contribution is -2.31. The number of benzene rings is 2. The van der Waals surface area contributed by atoms with Gasteiger partial charge in [0.1, 0.15) is 5.75 Å². The Kier molecular flexibility index (Phi) is 5.56. The van der Waals surface area contributed by atoms with E-state index in [-0.39, 0.29) is 17.9 Å². The van der Waals surface area contributed by atoms with Gasteiger partial charge >= 0.3 is 5.97 Å². The Hall–Kier alpha value is -2.82. The van der Waals surface area contributed by atoms with Gasteiger partial charge in [0.15, 0.2) is 0 Å². The molecule has 1 aliphatic rings. The van der Waals surface area contributed by atoms with Crippen LogP contribution in [-0.4, -0.2) is 30.6 Å². The molecule has 1 unspecified atom stereocenters. The summed E-state index contributed by atoms with van der Waals surface area (Å²) in [6.45, 7) is 0.616. The highest BCUT2D eigenvalue weighted by atomic mass is 16.5. The molecule has 0 aliphatic heterocycles. The number of carboxylic acids is 1. The Bertz CT molecular complexity index is 798. The van der Waals surface area contributed by atoms with Gasteiger partial charge < -0.3 is 15.2 Å². The Morgan fingerprint density at radius 2 is 1.96 bits per heavy atom. The lowest BCUT2D eigenvalue weighted by Gasteiger charge is -2.26. The van der Waals surface area contributed by atoms with Crippen molar-refractivity contribution in [3.8, 4) is 5.75 Å². The largest absolute Gasteiger partial charge is 0.497 e. The summed E-state index contributed by atoms with van der Waals surface area (Å²) in [5.74, 6) is 0.184. The first-order valence-corrected chi connectivity index (χ1v) is 8.82. The van der Waals surface area contributed by atoms with Gasteiger partial charge in [0, 0.05) is 12.5 Å². The molecule has 2 aromatic rings. The monoisotopic (exact) mass is 353 g/mol. The second-order valence-electron chi connectivity index (χ2n) is 6.64. The molecular weight excluding hydrogens is 330 g/mol. The third-order valence-corrected chi connectivity index (χ3v) is 4.90. The van der Waals surface area contributed by atoms with Crippen molar-refractivity contribution in [1.29, 1.82) is 0 Å². The number of aromatic carboxylic acids is 1. The summed E-state index contributed by atoms with van der Waals surface area (Å²) in [5.41, 5.74) is 3.63. The molecule has 0 fully saturated rings. The number of hydrogen-bond donors (Lipinski definition) is 2. The second kappa shape index (κ2) is 8.04. The summed E-state index contributed by atoms with van der Waals surface area (Å²) in [6, 6.07) is 12.6. The minimum Gasteiger partial charge on any atom is -0.497 e. The highest BCUT2D eigenvalue weighted by Crippen LogP contribution is 2.33. The molecule has 3 rings (SSSR count). The van der Waals surface area contributed by atoms with Crippen LogP contribution < -0.4 is 10.1 Å². The van der Waals surface area contributed by atoms with Crippen LogP contribution in [-0.2, 0) is 17.6 Å². The van der Waals surface area contributed by atoms with Crippen LogP contribution in [0.25, 0.3) is 0 Å². The zero-order valence-corrected chi connectivity index (χ0v) is 14.8. The SMILES string of the molecule is COc1ccc2c(c1)CCCC2CNC(=O)Cc1ccc(C(=O)O)cc1. The smallest absolute Gasteiger partial charge is 0.335 e. The number of amides is 1. The van der Waals surface area contributed by atoms with Crippen molar-refractivity contribution in [1.82, 2.24) is 5.32 Å². The number of carbonyl (C=O) groups excluding carboxylic acids is 1. The van der Waals surface area contributed by atoms with Crippen molar-refractivity contribution in [2.75, 3.05) is 13.7 Å². The Morgan fingerprint density at radius 3 is 2.65 bits per heavy atom. The normalized spacial score (nSPS) is 15.8. The standard InChI is InChI=1S/C21H23NO4/c1-26-18-9-10-19-16(12-18)3-2-4-17(19)13-22-20(23)11-14-5-7-15(8-6-14)21(24)25/h5-10,12,17H,2-4,11,13H2,1H3,(H,22,23)(H,24,25). The highest BCUT2D eigenvalue weighted by Gasteiger charge is 2.21.